The number of carbonyl (C=O) groups is 1. The van der Waals surface area contributed by atoms with Crippen molar-refractivity contribution in [3.05, 3.63) is 69.4 Å². The Labute approximate surface area is 175 Å². The number of halogens is 1. The van der Waals surface area contributed by atoms with Crippen molar-refractivity contribution in [2.24, 2.45) is 0 Å². The Hall–Kier alpha value is -3.13. The van der Waals surface area contributed by atoms with Crippen LogP contribution in [-0.2, 0) is 4.79 Å². The number of nitrogens with zero attached hydrogens (tertiary/aromatic N) is 2. The summed E-state index contributed by atoms with van der Waals surface area (Å²) >= 11 is 3.35. The van der Waals surface area contributed by atoms with Gasteiger partial charge in [-0.1, -0.05) is 15.9 Å². The van der Waals surface area contributed by atoms with E-state index >= 15 is 0 Å². The lowest BCUT2D eigenvalue weighted by Gasteiger charge is -2.19. The molecule has 2 aromatic carbocycles. The van der Waals surface area contributed by atoms with Crippen molar-refractivity contribution in [2.45, 2.75) is 13.0 Å². The molecule has 0 saturated carbocycles. The summed E-state index contributed by atoms with van der Waals surface area (Å²) in [6, 6.07) is 14.9. The lowest BCUT2D eigenvalue weighted by molar-refractivity contribution is -0.119. The number of amides is 1. The molecule has 1 N–H and O–H groups in total. The van der Waals surface area contributed by atoms with E-state index in [4.69, 9.17) is 9.47 Å². The molecule has 0 bridgehead atoms. The summed E-state index contributed by atoms with van der Waals surface area (Å²) in [5.41, 5.74) is 1.61. The van der Waals surface area contributed by atoms with Gasteiger partial charge in [0.2, 0.25) is 5.91 Å². The molecule has 8 heteroatoms. The number of fused-ring (bicyclic) bond motifs is 1. The molecule has 148 valence electrons. The standard InChI is InChI=1S/C21H18BrN3O4/c1-13(21(27)23-16-5-3-15(22)4-6-16)25-20(26)9-7-17(24-25)14-2-8-18-19(12-14)29-11-10-28-18/h2-9,12-13H,10-11H2,1H3,(H,23,27). The van der Waals surface area contributed by atoms with Gasteiger partial charge in [-0.05, 0) is 55.5 Å². The molecule has 4 rings (SSSR count). The van der Waals surface area contributed by atoms with Crippen molar-refractivity contribution in [1.29, 1.82) is 0 Å². The van der Waals surface area contributed by atoms with Gasteiger partial charge < -0.3 is 14.8 Å². The number of hydrogen-bond acceptors (Lipinski definition) is 5. The van der Waals surface area contributed by atoms with Crippen LogP contribution < -0.4 is 20.3 Å². The summed E-state index contributed by atoms with van der Waals surface area (Å²) in [6.45, 7) is 2.63. The van der Waals surface area contributed by atoms with Crippen LogP contribution in [0.2, 0.25) is 0 Å². The highest BCUT2D eigenvalue weighted by atomic mass is 79.9. The highest BCUT2D eigenvalue weighted by molar-refractivity contribution is 9.10. The van der Waals surface area contributed by atoms with Gasteiger partial charge in [-0.25, -0.2) is 4.68 Å². The summed E-state index contributed by atoms with van der Waals surface area (Å²) in [6.07, 6.45) is 0. The quantitative estimate of drug-likeness (QED) is 0.649. The fourth-order valence-corrected chi connectivity index (χ4v) is 3.21. The van der Waals surface area contributed by atoms with Gasteiger partial charge >= 0.3 is 0 Å². The van der Waals surface area contributed by atoms with Gasteiger partial charge in [0.1, 0.15) is 19.3 Å². The zero-order valence-electron chi connectivity index (χ0n) is 15.6. The second-order valence-electron chi connectivity index (χ2n) is 6.53. The van der Waals surface area contributed by atoms with Crippen molar-refractivity contribution in [1.82, 2.24) is 9.78 Å². The van der Waals surface area contributed by atoms with Crippen LogP contribution in [-0.4, -0.2) is 28.9 Å². The largest absolute Gasteiger partial charge is 0.486 e. The number of ether oxygens (including phenoxy) is 2. The minimum Gasteiger partial charge on any atom is -0.486 e. The van der Waals surface area contributed by atoms with Crippen LogP contribution in [0.4, 0.5) is 5.69 Å². The molecule has 7 nitrogen and oxygen atoms in total. The third kappa shape index (κ3) is 4.17. The molecule has 1 aliphatic rings. The molecule has 1 aromatic heterocycles. The van der Waals surface area contributed by atoms with E-state index in [0.29, 0.717) is 36.1 Å². The van der Waals surface area contributed by atoms with E-state index < -0.39 is 6.04 Å². The van der Waals surface area contributed by atoms with Crippen molar-refractivity contribution in [2.75, 3.05) is 18.5 Å². The first-order valence-electron chi connectivity index (χ1n) is 9.07. The highest BCUT2D eigenvalue weighted by Crippen LogP contribution is 2.33. The smallest absolute Gasteiger partial charge is 0.267 e. The first-order valence-corrected chi connectivity index (χ1v) is 9.87. The Morgan fingerprint density at radius 2 is 1.79 bits per heavy atom. The maximum Gasteiger partial charge on any atom is 0.267 e. The lowest BCUT2D eigenvalue weighted by Crippen LogP contribution is -2.33. The molecule has 1 amide bonds. The monoisotopic (exact) mass is 455 g/mol. The zero-order chi connectivity index (χ0) is 20.4. The van der Waals surface area contributed by atoms with Crippen molar-refractivity contribution < 1.29 is 14.3 Å². The third-order valence-corrected chi connectivity index (χ3v) is 5.05. The van der Waals surface area contributed by atoms with E-state index in [2.05, 4.69) is 26.3 Å². The number of aromatic nitrogens is 2. The molecule has 0 aliphatic carbocycles. The Bertz CT molecular complexity index is 1110. The van der Waals surface area contributed by atoms with Crippen molar-refractivity contribution in [3.8, 4) is 22.8 Å². The topological polar surface area (TPSA) is 82.5 Å². The van der Waals surface area contributed by atoms with E-state index in [-0.39, 0.29) is 11.5 Å². The van der Waals surface area contributed by atoms with E-state index in [1.54, 1.807) is 25.1 Å². The molecule has 0 fully saturated rings. The third-order valence-electron chi connectivity index (χ3n) is 4.52. The van der Waals surface area contributed by atoms with Gasteiger partial charge in [0, 0.05) is 21.8 Å². The van der Waals surface area contributed by atoms with Crippen molar-refractivity contribution >= 4 is 27.5 Å². The normalized spacial score (nSPS) is 13.6. The van der Waals surface area contributed by atoms with Crippen LogP contribution in [0, 0.1) is 0 Å². The highest BCUT2D eigenvalue weighted by Gasteiger charge is 2.19. The van der Waals surface area contributed by atoms with Crippen LogP contribution in [0.5, 0.6) is 11.5 Å². The molecule has 0 spiro atoms. The molecular formula is C21H18BrN3O4. The number of benzene rings is 2. The summed E-state index contributed by atoms with van der Waals surface area (Å²) in [5.74, 6) is 0.978. The molecular weight excluding hydrogens is 438 g/mol. The minimum atomic E-state index is -0.789. The van der Waals surface area contributed by atoms with E-state index in [1.807, 2.05) is 30.3 Å². The predicted octanol–water partition coefficient (Wildman–Crippen LogP) is 3.64. The van der Waals surface area contributed by atoms with Crippen LogP contribution in [0.25, 0.3) is 11.3 Å². The van der Waals surface area contributed by atoms with Gasteiger partial charge in [0.25, 0.3) is 5.56 Å². The van der Waals surface area contributed by atoms with Crippen LogP contribution >= 0.6 is 15.9 Å². The second-order valence-corrected chi connectivity index (χ2v) is 7.45. The van der Waals surface area contributed by atoms with Crippen LogP contribution in [0.15, 0.2) is 63.9 Å². The molecule has 2 heterocycles. The Kier molecular flexibility index (Phi) is 5.35. The average molecular weight is 456 g/mol. The van der Waals surface area contributed by atoms with Crippen LogP contribution in [0.1, 0.15) is 13.0 Å². The minimum absolute atomic E-state index is 0.332. The van der Waals surface area contributed by atoms with Crippen LogP contribution in [0.3, 0.4) is 0 Å². The molecule has 1 unspecified atom stereocenters. The Morgan fingerprint density at radius 1 is 1.07 bits per heavy atom. The van der Waals surface area contributed by atoms with E-state index in [0.717, 1.165) is 10.0 Å². The van der Waals surface area contributed by atoms with E-state index in [9.17, 15) is 9.59 Å². The first-order chi connectivity index (χ1) is 14.0. The van der Waals surface area contributed by atoms with Gasteiger partial charge in [-0.15, -0.1) is 0 Å². The number of rotatable bonds is 4. The van der Waals surface area contributed by atoms with Gasteiger partial charge in [0.05, 0.1) is 5.69 Å². The lowest BCUT2D eigenvalue weighted by atomic mass is 10.1. The molecule has 29 heavy (non-hydrogen) atoms. The number of anilines is 1. The zero-order valence-corrected chi connectivity index (χ0v) is 17.2. The molecule has 0 radical (unpaired) electrons. The second kappa shape index (κ2) is 8.08. The maximum atomic E-state index is 12.6. The van der Waals surface area contributed by atoms with Crippen molar-refractivity contribution in [3.63, 3.8) is 0 Å². The summed E-state index contributed by atoms with van der Waals surface area (Å²) in [7, 11) is 0. The maximum absolute atomic E-state index is 12.6. The molecule has 0 saturated heterocycles. The van der Waals surface area contributed by atoms with Gasteiger partial charge in [0.15, 0.2) is 11.5 Å². The van der Waals surface area contributed by atoms with E-state index in [1.165, 1.54) is 10.7 Å². The molecule has 1 aliphatic heterocycles. The SMILES string of the molecule is CC(C(=O)Nc1ccc(Br)cc1)n1nc(-c2ccc3c(c2)OCCO3)ccc1=O. The number of nitrogens with one attached hydrogen (secondary N) is 1. The Morgan fingerprint density at radius 3 is 2.55 bits per heavy atom. The van der Waals surface area contributed by atoms with Gasteiger partial charge in [-0.2, -0.15) is 5.10 Å². The fourth-order valence-electron chi connectivity index (χ4n) is 2.95. The predicted molar refractivity (Wildman–Crippen MR) is 112 cm³/mol. The Balaban J connectivity index is 1.60. The van der Waals surface area contributed by atoms with Gasteiger partial charge in [-0.3, -0.25) is 9.59 Å². The first kappa shape index (κ1) is 19.2. The number of hydrogen-bond donors (Lipinski definition) is 1. The fraction of sp³-hybridized carbons (Fsp3) is 0.190. The summed E-state index contributed by atoms with van der Waals surface area (Å²) in [5, 5.41) is 7.21. The molecule has 1 atom stereocenters. The average Bonchev–Trinajstić information content (AvgIpc) is 2.75. The summed E-state index contributed by atoms with van der Waals surface area (Å²) in [4.78, 5) is 25.0. The summed E-state index contributed by atoms with van der Waals surface area (Å²) < 4.78 is 13.2. The molecule has 3 aromatic rings. The number of carbonyl (C=O) groups excluding carboxylic acids is 1.